The van der Waals surface area contributed by atoms with Crippen LogP contribution in [0, 0.1) is 13.8 Å². The van der Waals surface area contributed by atoms with E-state index in [1.165, 1.54) is 6.07 Å². The number of benzene rings is 1. The van der Waals surface area contributed by atoms with Gasteiger partial charge in [-0.3, -0.25) is 0 Å². The molecule has 0 bridgehead atoms. The molecule has 8 nitrogen and oxygen atoms in total. The first kappa shape index (κ1) is 16.5. The van der Waals surface area contributed by atoms with Gasteiger partial charge in [-0.25, -0.2) is 0 Å². The second-order valence-electron chi connectivity index (χ2n) is 4.76. The molecule has 0 saturated carbocycles. The fraction of sp³-hybridized carbons (Fsp3) is 0.286. The summed E-state index contributed by atoms with van der Waals surface area (Å²) >= 11 is 12.2. The van der Waals surface area contributed by atoms with E-state index in [-0.39, 0.29) is 13.2 Å². The van der Waals surface area contributed by atoms with Crippen LogP contribution in [0.25, 0.3) is 0 Å². The minimum Gasteiger partial charge on any atom is -0.482 e. The number of rotatable bonds is 6. The third-order valence-corrected chi connectivity index (χ3v) is 3.42. The second kappa shape index (κ2) is 7.06. The average molecular weight is 371 g/mol. The standard InChI is InChI=1S/C14H12Cl2N4O4/c1-7-17-13(23-19-7)5-21-11-4-12(10(16)3-9(11)15)22-6-14-18-8(2)20-24-14/h3-4H,5-6H2,1-2H3. The predicted molar refractivity (Wildman–Crippen MR) is 83.2 cm³/mol. The monoisotopic (exact) mass is 370 g/mol. The van der Waals surface area contributed by atoms with Gasteiger partial charge in [-0.15, -0.1) is 0 Å². The molecule has 0 spiro atoms. The van der Waals surface area contributed by atoms with E-state index >= 15 is 0 Å². The van der Waals surface area contributed by atoms with Crippen molar-refractivity contribution in [2.24, 2.45) is 0 Å². The Labute approximate surface area is 146 Å². The fourth-order valence-corrected chi connectivity index (χ4v) is 2.30. The van der Waals surface area contributed by atoms with Crippen molar-refractivity contribution in [2.75, 3.05) is 0 Å². The molecule has 0 atom stereocenters. The lowest BCUT2D eigenvalue weighted by Gasteiger charge is -2.10. The smallest absolute Gasteiger partial charge is 0.264 e. The van der Waals surface area contributed by atoms with Crippen molar-refractivity contribution in [1.29, 1.82) is 0 Å². The summed E-state index contributed by atoms with van der Waals surface area (Å²) in [6, 6.07) is 3.09. The highest BCUT2D eigenvalue weighted by molar-refractivity contribution is 6.36. The maximum Gasteiger partial charge on any atom is 0.264 e. The van der Waals surface area contributed by atoms with E-state index in [0.29, 0.717) is 45.0 Å². The first-order chi connectivity index (χ1) is 11.5. The van der Waals surface area contributed by atoms with Crippen LogP contribution in [0.15, 0.2) is 21.2 Å². The number of halogens is 2. The van der Waals surface area contributed by atoms with Gasteiger partial charge >= 0.3 is 0 Å². The molecule has 126 valence electrons. The van der Waals surface area contributed by atoms with Crippen LogP contribution in [-0.2, 0) is 13.2 Å². The van der Waals surface area contributed by atoms with Gasteiger partial charge in [-0.2, -0.15) is 9.97 Å². The number of aryl methyl sites for hydroxylation is 2. The highest BCUT2D eigenvalue weighted by Gasteiger charge is 2.13. The maximum absolute atomic E-state index is 6.12. The van der Waals surface area contributed by atoms with Crippen molar-refractivity contribution in [3.63, 3.8) is 0 Å². The Kier molecular flexibility index (Phi) is 4.86. The van der Waals surface area contributed by atoms with Gasteiger partial charge < -0.3 is 18.5 Å². The summed E-state index contributed by atoms with van der Waals surface area (Å²) in [6.45, 7) is 3.58. The summed E-state index contributed by atoms with van der Waals surface area (Å²) in [6.07, 6.45) is 0. The molecule has 0 saturated heterocycles. The van der Waals surface area contributed by atoms with E-state index in [4.69, 9.17) is 41.7 Å². The van der Waals surface area contributed by atoms with Crippen LogP contribution in [0.1, 0.15) is 23.4 Å². The van der Waals surface area contributed by atoms with Crippen LogP contribution in [0.3, 0.4) is 0 Å². The molecular weight excluding hydrogens is 359 g/mol. The van der Waals surface area contributed by atoms with Crippen LogP contribution < -0.4 is 9.47 Å². The van der Waals surface area contributed by atoms with Gasteiger partial charge in [0.15, 0.2) is 24.9 Å². The molecule has 3 aromatic rings. The third kappa shape index (κ3) is 3.95. The average Bonchev–Trinajstić information content (AvgIpc) is 3.14. The normalized spacial score (nSPS) is 10.8. The number of ether oxygens (including phenoxy) is 2. The van der Waals surface area contributed by atoms with Crippen LogP contribution in [-0.4, -0.2) is 20.3 Å². The largest absolute Gasteiger partial charge is 0.482 e. The highest BCUT2D eigenvalue weighted by Crippen LogP contribution is 2.36. The maximum atomic E-state index is 6.12. The van der Waals surface area contributed by atoms with E-state index in [0.717, 1.165) is 0 Å². The Hall–Kier alpha value is -2.32. The van der Waals surface area contributed by atoms with Crippen molar-refractivity contribution >= 4 is 23.2 Å². The van der Waals surface area contributed by atoms with Crippen molar-refractivity contribution in [2.45, 2.75) is 27.1 Å². The van der Waals surface area contributed by atoms with E-state index in [9.17, 15) is 0 Å². The second-order valence-corrected chi connectivity index (χ2v) is 5.58. The fourth-order valence-electron chi connectivity index (χ4n) is 1.81. The van der Waals surface area contributed by atoms with Gasteiger partial charge in [-0.05, 0) is 19.9 Å². The van der Waals surface area contributed by atoms with Crippen molar-refractivity contribution in [3.05, 3.63) is 45.6 Å². The summed E-state index contributed by atoms with van der Waals surface area (Å²) in [4.78, 5) is 8.09. The van der Waals surface area contributed by atoms with E-state index in [1.54, 1.807) is 19.9 Å². The third-order valence-electron chi connectivity index (χ3n) is 2.83. The first-order valence-electron chi connectivity index (χ1n) is 6.84. The minimum absolute atomic E-state index is 0.0739. The number of hydrogen-bond donors (Lipinski definition) is 0. The van der Waals surface area contributed by atoms with Gasteiger partial charge in [0.1, 0.15) is 11.5 Å². The Bertz CT molecular complexity index is 784. The summed E-state index contributed by atoms with van der Waals surface area (Å²) < 4.78 is 21.1. The molecule has 0 radical (unpaired) electrons. The summed E-state index contributed by atoms with van der Waals surface area (Å²) in [5.41, 5.74) is 0. The molecule has 0 amide bonds. The molecule has 0 fully saturated rings. The van der Waals surface area contributed by atoms with Crippen LogP contribution in [0.2, 0.25) is 10.0 Å². The molecule has 0 aliphatic heterocycles. The first-order valence-corrected chi connectivity index (χ1v) is 7.60. The van der Waals surface area contributed by atoms with Gasteiger partial charge in [-0.1, -0.05) is 33.5 Å². The molecule has 0 unspecified atom stereocenters. The lowest BCUT2D eigenvalue weighted by molar-refractivity contribution is 0.232. The van der Waals surface area contributed by atoms with Gasteiger partial charge in [0.2, 0.25) is 0 Å². The van der Waals surface area contributed by atoms with Crippen molar-refractivity contribution in [1.82, 2.24) is 20.3 Å². The van der Waals surface area contributed by atoms with Crippen LogP contribution in [0.5, 0.6) is 11.5 Å². The van der Waals surface area contributed by atoms with E-state index in [1.807, 2.05) is 0 Å². The zero-order valence-electron chi connectivity index (χ0n) is 12.7. The van der Waals surface area contributed by atoms with Crippen LogP contribution >= 0.6 is 23.2 Å². The lowest BCUT2D eigenvalue weighted by Crippen LogP contribution is -1.99. The minimum atomic E-state index is 0.0739. The van der Waals surface area contributed by atoms with E-state index in [2.05, 4.69) is 20.3 Å². The van der Waals surface area contributed by atoms with Gasteiger partial charge in [0.05, 0.1) is 10.0 Å². The number of nitrogens with zero attached hydrogens (tertiary/aromatic N) is 4. The Morgan fingerprint density at radius 2 is 1.29 bits per heavy atom. The van der Waals surface area contributed by atoms with Gasteiger partial charge in [0.25, 0.3) is 11.8 Å². The molecule has 0 aliphatic carbocycles. The van der Waals surface area contributed by atoms with Crippen molar-refractivity contribution < 1.29 is 18.5 Å². The summed E-state index contributed by atoms with van der Waals surface area (Å²) in [5, 5.41) is 8.02. The molecule has 0 aliphatic rings. The topological polar surface area (TPSA) is 96.3 Å². The molecule has 2 heterocycles. The molecule has 1 aromatic carbocycles. The Morgan fingerprint density at radius 1 is 0.833 bits per heavy atom. The Morgan fingerprint density at radius 3 is 1.67 bits per heavy atom. The lowest BCUT2D eigenvalue weighted by atomic mass is 10.3. The Balaban J connectivity index is 1.70. The molecule has 10 heteroatoms. The van der Waals surface area contributed by atoms with Crippen LogP contribution in [0.4, 0.5) is 0 Å². The van der Waals surface area contributed by atoms with E-state index < -0.39 is 0 Å². The molecule has 24 heavy (non-hydrogen) atoms. The zero-order valence-corrected chi connectivity index (χ0v) is 14.3. The number of hydrogen-bond acceptors (Lipinski definition) is 8. The summed E-state index contributed by atoms with van der Waals surface area (Å²) in [5.74, 6) is 2.45. The summed E-state index contributed by atoms with van der Waals surface area (Å²) in [7, 11) is 0. The quantitative estimate of drug-likeness (QED) is 0.649. The molecule has 0 N–H and O–H groups in total. The molecular formula is C14H12Cl2N4O4. The molecule has 3 rings (SSSR count). The predicted octanol–water partition coefficient (Wildman–Crippen LogP) is 3.53. The van der Waals surface area contributed by atoms with Gasteiger partial charge in [0, 0.05) is 6.07 Å². The zero-order chi connectivity index (χ0) is 17.1. The molecule has 2 aromatic heterocycles. The van der Waals surface area contributed by atoms with Crippen molar-refractivity contribution in [3.8, 4) is 11.5 Å². The highest BCUT2D eigenvalue weighted by atomic mass is 35.5. The SMILES string of the molecule is Cc1noc(COc2cc(OCc3nc(C)no3)c(Cl)cc2Cl)n1. The number of aromatic nitrogens is 4.